The molecule has 0 aliphatic carbocycles. The number of furan rings is 1. The molecule has 2 aromatic rings. The first kappa shape index (κ1) is 11.1. The highest BCUT2D eigenvalue weighted by Gasteiger charge is 2.13. The van der Waals surface area contributed by atoms with Gasteiger partial charge in [0.1, 0.15) is 5.76 Å². The van der Waals surface area contributed by atoms with Gasteiger partial charge in [-0.1, -0.05) is 12.1 Å². The minimum absolute atomic E-state index is 0.258. The number of hydrogen-bond acceptors (Lipinski definition) is 3. The maximum atomic E-state index is 13.4. The van der Waals surface area contributed by atoms with Crippen LogP contribution in [0.5, 0.6) is 0 Å². The first-order valence-electron chi connectivity index (χ1n) is 5.15. The van der Waals surface area contributed by atoms with Gasteiger partial charge < -0.3 is 14.9 Å². The summed E-state index contributed by atoms with van der Waals surface area (Å²) in [4.78, 5) is 0. The van der Waals surface area contributed by atoms with Gasteiger partial charge >= 0.3 is 0 Å². The lowest BCUT2D eigenvalue weighted by molar-refractivity contribution is 0.185. The molecule has 16 heavy (non-hydrogen) atoms. The van der Waals surface area contributed by atoms with Crippen molar-refractivity contribution in [3.8, 4) is 0 Å². The molecule has 0 amide bonds. The van der Waals surface area contributed by atoms with Crippen LogP contribution in [-0.2, 0) is 4.74 Å². The Labute approximate surface area is 93.0 Å². The van der Waals surface area contributed by atoms with Gasteiger partial charge in [0.2, 0.25) is 0 Å². The van der Waals surface area contributed by atoms with Gasteiger partial charge in [0.25, 0.3) is 0 Å². The molecule has 1 aromatic heterocycles. The van der Waals surface area contributed by atoms with Gasteiger partial charge in [-0.2, -0.15) is 0 Å². The summed E-state index contributed by atoms with van der Waals surface area (Å²) < 4.78 is 23.7. The minimum Gasteiger partial charge on any atom is -0.456 e. The lowest BCUT2D eigenvalue weighted by atomic mass is 10.1. The SMILES string of the molecule is COCCC(N)c1cc2cccc(F)c2o1. The molecule has 0 radical (unpaired) electrons. The van der Waals surface area contributed by atoms with Crippen LogP contribution in [0.3, 0.4) is 0 Å². The summed E-state index contributed by atoms with van der Waals surface area (Å²) >= 11 is 0. The lowest BCUT2D eigenvalue weighted by Crippen LogP contribution is -2.11. The van der Waals surface area contributed by atoms with E-state index >= 15 is 0 Å². The van der Waals surface area contributed by atoms with Crippen LogP contribution in [0.1, 0.15) is 18.2 Å². The number of halogens is 1. The van der Waals surface area contributed by atoms with Gasteiger partial charge in [-0.3, -0.25) is 0 Å². The molecule has 0 aliphatic rings. The van der Waals surface area contributed by atoms with Crippen molar-refractivity contribution in [1.82, 2.24) is 0 Å². The van der Waals surface area contributed by atoms with Crippen LogP contribution in [0.4, 0.5) is 4.39 Å². The van der Waals surface area contributed by atoms with Crippen molar-refractivity contribution in [3.63, 3.8) is 0 Å². The molecule has 1 unspecified atom stereocenters. The van der Waals surface area contributed by atoms with E-state index in [0.717, 1.165) is 5.39 Å². The largest absolute Gasteiger partial charge is 0.456 e. The number of para-hydroxylation sites is 1. The van der Waals surface area contributed by atoms with Gasteiger partial charge in [0, 0.05) is 19.1 Å². The lowest BCUT2D eigenvalue weighted by Gasteiger charge is -2.06. The van der Waals surface area contributed by atoms with Crippen molar-refractivity contribution in [3.05, 3.63) is 35.8 Å². The van der Waals surface area contributed by atoms with E-state index in [-0.39, 0.29) is 17.4 Å². The summed E-state index contributed by atoms with van der Waals surface area (Å²) in [6.45, 7) is 0.556. The van der Waals surface area contributed by atoms with E-state index in [2.05, 4.69) is 0 Å². The van der Waals surface area contributed by atoms with Gasteiger partial charge in [-0.25, -0.2) is 4.39 Å². The van der Waals surface area contributed by atoms with Crippen molar-refractivity contribution in [2.24, 2.45) is 5.73 Å². The second-order valence-electron chi connectivity index (χ2n) is 3.69. The molecule has 1 heterocycles. The average molecular weight is 223 g/mol. The Bertz CT molecular complexity index is 481. The molecule has 0 saturated heterocycles. The van der Waals surface area contributed by atoms with Crippen LogP contribution >= 0.6 is 0 Å². The zero-order chi connectivity index (χ0) is 11.5. The summed E-state index contributed by atoms with van der Waals surface area (Å²) in [6.07, 6.45) is 0.651. The number of rotatable bonds is 4. The third-order valence-electron chi connectivity index (χ3n) is 2.51. The van der Waals surface area contributed by atoms with E-state index in [9.17, 15) is 4.39 Å². The Balaban J connectivity index is 2.29. The summed E-state index contributed by atoms with van der Waals surface area (Å²) in [6, 6.07) is 6.34. The van der Waals surface area contributed by atoms with Crippen LogP contribution in [0.15, 0.2) is 28.7 Å². The number of benzene rings is 1. The number of methoxy groups -OCH3 is 1. The van der Waals surface area contributed by atoms with E-state index in [1.807, 2.05) is 0 Å². The normalized spacial score (nSPS) is 13.2. The van der Waals surface area contributed by atoms with E-state index in [0.29, 0.717) is 18.8 Å². The molecule has 4 heteroatoms. The van der Waals surface area contributed by atoms with Crippen molar-refractivity contribution in [2.75, 3.05) is 13.7 Å². The van der Waals surface area contributed by atoms with Crippen LogP contribution in [0.2, 0.25) is 0 Å². The summed E-state index contributed by atoms with van der Waals surface area (Å²) in [5, 5.41) is 0.739. The fourth-order valence-electron chi connectivity index (χ4n) is 1.62. The highest BCUT2D eigenvalue weighted by molar-refractivity contribution is 5.78. The predicted molar refractivity (Wildman–Crippen MR) is 59.6 cm³/mol. The molecule has 0 spiro atoms. The zero-order valence-corrected chi connectivity index (χ0v) is 9.07. The van der Waals surface area contributed by atoms with Crippen LogP contribution in [0.25, 0.3) is 11.0 Å². The molecule has 1 aromatic carbocycles. The Hall–Kier alpha value is -1.39. The molecule has 0 saturated carbocycles. The van der Waals surface area contributed by atoms with Crippen LogP contribution in [-0.4, -0.2) is 13.7 Å². The Morgan fingerprint density at radius 1 is 1.50 bits per heavy atom. The van der Waals surface area contributed by atoms with E-state index in [4.69, 9.17) is 14.9 Å². The number of hydrogen-bond donors (Lipinski definition) is 1. The molecule has 2 rings (SSSR count). The Morgan fingerprint density at radius 3 is 3.00 bits per heavy atom. The van der Waals surface area contributed by atoms with Crippen molar-refractivity contribution < 1.29 is 13.5 Å². The zero-order valence-electron chi connectivity index (χ0n) is 9.07. The maximum Gasteiger partial charge on any atom is 0.169 e. The molecule has 0 fully saturated rings. The van der Waals surface area contributed by atoms with Crippen LogP contribution in [0, 0.1) is 5.82 Å². The maximum absolute atomic E-state index is 13.4. The fourth-order valence-corrected chi connectivity index (χ4v) is 1.62. The van der Waals surface area contributed by atoms with E-state index in [1.54, 1.807) is 25.3 Å². The minimum atomic E-state index is -0.359. The monoisotopic (exact) mass is 223 g/mol. The summed E-state index contributed by atoms with van der Waals surface area (Å²) in [5.41, 5.74) is 6.17. The molecule has 1 atom stereocenters. The predicted octanol–water partition coefficient (Wildman–Crippen LogP) is 2.61. The quantitative estimate of drug-likeness (QED) is 0.866. The second-order valence-corrected chi connectivity index (χ2v) is 3.69. The highest BCUT2D eigenvalue weighted by Crippen LogP contribution is 2.26. The third-order valence-corrected chi connectivity index (χ3v) is 2.51. The number of fused-ring (bicyclic) bond motifs is 1. The fraction of sp³-hybridized carbons (Fsp3) is 0.333. The smallest absolute Gasteiger partial charge is 0.169 e. The van der Waals surface area contributed by atoms with E-state index in [1.165, 1.54) is 6.07 Å². The van der Waals surface area contributed by atoms with Gasteiger partial charge in [0.05, 0.1) is 6.04 Å². The van der Waals surface area contributed by atoms with Crippen molar-refractivity contribution in [1.29, 1.82) is 0 Å². The van der Waals surface area contributed by atoms with Gasteiger partial charge in [-0.05, 0) is 18.6 Å². The summed E-state index contributed by atoms with van der Waals surface area (Å²) in [5.74, 6) is 0.236. The van der Waals surface area contributed by atoms with Gasteiger partial charge in [-0.15, -0.1) is 0 Å². The van der Waals surface area contributed by atoms with Crippen molar-refractivity contribution in [2.45, 2.75) is 12.5 Å². The third kappa shape index (κ3) is 2.08. The van der Waals surface area contributed by atoms with Crippen LogP contribution < -0.4 is 5.73 Å². The average Bonchev–Trinajstić information content (AvgIpc) is 2.71. The Morgan fingerprint density at radius 2 is 2.31 bits per heavy atom. The Kier molecular flexibility index (Phi) is 3.22. The standard InChI is InChI=1S/C12H14FNO2/c1-15-6-5-10(14)11-7-8-3-2-4-9(13)12(8)16-11/h2-4,7,10H,5-6,14H2,1H3. The number of ether oxygens (including phenoxy) is 1. The second kappa shape index (κ2) is 4.63. The molecular formula is C12H14FNO2. The topological polar surface area (TPSA) is 48.4 Å². The molecule has 0 aliphatic heterocycles. The first-order valence-corrected chi connectivity index (χ1v) is 5.15. The number of nitrogens with two attached hydrogens (primary N) is 1. The highest BCUT2D eigenvalue weighted by atomic mass is 19.1. The van der Waals surface area contributed by atoms with E-state index < -0.39 is 0 Å². The van der Waals surface area contributed by atoms with Gasteiger partial charge in [0.15, 0.2) is 11.4 Å². The first-order chi connectivity index (χ1) is 7.72. The van der Waals surface area contributed by atoms with Crippen molar-refractivity contribution >= 4 is 11.0 Å². The molecule has 2 N–H and O–H groups in total. The molecule has 0 bridgehead atoms. The summed E-state index contributed by atoms with van der Waals surface area (Å²) in [7, 11) is 1.62. The molecule has 3 nitrogen and oxygen atoms in total. The molecular weight excluding hydrogens is 209 g/mol. The molecule has 86 valence electrons.